The summed E-state index contributed by atoms with van der Waals surface area (Å²) in [4.78, 5) is 66.4. The second kappa shape index (κ2) is 23.1. The lowest BCUT2D eigenvalue weighted by molar-refractivity contribution is -0.142. The third kappa shape index (κ3) is 11.8. The highest BCUT2D eigenvalue weighted by molar-refractivity contribution is 5.99. The van der Waals surface area contributed by atoms with E-state index < -0.39 is 24.2 Å². The fourth-order valence-corrected chi connectivity index (χ4v) is 10.0. The molecule has 12 heteroatoms. The molecule has 0 radical (unpaired) electrons. The van der Waals surface area contributed by atoms with Crippen LogP contribution in [0.3, 0.4) is 0 Å². The zero-order chi connectivity index (χ0) is 48.3. The molecule has 2 aliphatic heterocycles. The van der Waals surface area contributed by atoms with Gasteiger partial charge in [0, 0.05) is 55.3 Å². The number of benzene rings is 5. The molecule has 68 heavy (non-hydrogen) atoms. The molecule has 0 bridgehead atoms. The Morgan fingerprint density at radius 3 is 1.29 bits per heavy atom. The van der Waals surface area contributed by atoms with Gasteiger partial charge in [0.2, 0.25) is 23.6 Å². The maximum absolute atomic E-state index is 14.3. The zero-order valence-corrected chi connectivity index (χ0v) is 40.5. The third-order valence-electron chi connectivity index (χ3n) is 13.5. The van der Waals surface area contributed by atoms with Crippen LogP contribution in [0.1, 0.15) is 102 Å². The number of amides is 4. The molecule has 2 fully saturated rings. The Bertz CT molecular complexity index is 2280. The van der Waals surface area contributed by atoms with Crippen LogP contribution in [-0.4, -0.2) is 93.6 Å². The van der Waals surface area contributed by atoms with Gasteiger partial charge in [0.15, 0.2) is 0 Å². The van der Waals surface area contributed by atoms with E-state index in [1.165, 1.54) is 12.1 Å². The lowest BCUT2D eigenvalue weighted by Crippen LogP contribution is -2.50. The molecule has 7 rings (SSSR count). The molecule has 2 aliphatic rings. The van der Waals surface area contributed by atoms with E-state index in [0.717, 1.165) is 40.8 Å². The van der Waals surface area contributed by atoms with Crippen LogP contribution in [0.4, 0.5) is 21.5 Å². The number of carbonyl (C=O) groups excluding carboxylic acids is 4. The average molecular weight is 922 g/mol. The second-order valence-electron chi connectivity index (χ2n) is 18.6. The molecule has 2 N–H and O–H groups in total. The molecule has 5 aromatic rings. The highest BCUT2D eigenvalue weighted by Crippen LogP contribution is 2.32. The summed E-state index contributed by atoms with van der Waals surface area (Å²) in [7, 11) is 0. The number of nitrogens with zero attached hydrogens (tertiary/aromatic N) is 5. The van der Waals surface area contributed by atoms with Gasteiger partial charge in [0.1, 0.15) is 30.0 Å². The second-order valence-corrected chi connectivity index (χ2v) is 18.6. The van der Waals surface area contributed by atoms with E-state index in [1.807, 2.05) is 109 Å². The van der Waals surface area contributed by atoms with Gasteiger partial charge in [-0.3, -0.25) is 29.0 Å². The van der Waals surface area contributed by atoms with Gasteiger partial charge in [-0.2, -0.15) is 0 Å². The van der Waals surface area contributed by atoms with Gasteiger partial charge in [-0.15, -0.1) is 0 Å². The van der Waals surface area contributed by atoms with Gasteiger partial charge < -0.3 is 25.3 Å². The number of likely N-dealkylation sites (N-methyl/N-ethyl adjacent to an activating group) is 2. The van der Waals surface area contributed by atoms with E-state index in [2.05, 4.69) is 66.9 Å². The molecule has 0 aliphatic carbocycles. The first kappa shape index (κ1) is 49.5. The predicted octanol–water partition coefficient (Wildman–Crippen LogP) is 9.83. The van der Waals surface area contributed by atoms with Crippen molar-refractivity contribution < 1.29 is 23.6 Å². The molecule has 2 heterocycles. The summed E-state index contributed by atoms with van der Waals surface area (Å²) in [5.41, 5.74) is 5.91. The van der Waals surface area contributed by atoms with Crippen molar-refractivity contribution in [3.63, 3.8) is 0 Å². The Balaban J connectivity index is 0.997. The first-order chi connectivity index (χ1) is 32.9. The number of hydrogen-bond donors (Lipinski definition) is 2. The van der Waals surface area contributed by atoms with Gasteiger partial charge >= 0.3 is 0 Å². The molecule has 0 aromatic heterocycles. The van der Waals surface area contributed by atoms with E-state index >= 15 is 0 Å². The maximum Gasteiger partial charge on any atom is 0.247 e. The molecule has 4 atom stereocenters. The molecule has 0 spiro atoms. The average Bonchev–Trinajstić information content (AvgIpc) is 4.05. The van der Waals surface area contributed by atoms with Gasteiger partial charge in [-0.05, 0) is 137 Å². The highest BCUT2D eigenvalue weighted by Gasteiger charge is 2.41. The summed E-state index contributed by atoms with van der Waals surface area (Å²) in [6.45, 7) is 15.9. The Kier molecular flexibility index (Phi) is 16.8. The quantitative estimate of drug-likeness (QED) is 0.0850. The van der Waals surface area contributed by atoms with Crippen LogP contribution in [0.15, 0.2) is 133 Å². The van der Waals surface area contributed by atoms with Crippen molar-refractivity contribution >= 4 is 40.7 Å². The summed E-state index contributed by atoms with van der Waals surface area (Å²) in [5.74, 6) is -0.836. The number of halogens is 1. The van der Waals surface area contributed by atoms with E-state index in [0.29, 0.717) is 63.5 Å². The first-order valence-electron chi connectivity index (χ1n) is 24.4. The van der Waals surface area contributed by atoms with E-state index in [1.54, 1.807) is 21.9 Å². The SMILES string of the molecule is CCN(C(C)C)[C@@H](C(=O)N1CCC[C@H]1C(=O)Nc1ccc(CN(Cc2ccc(NC(=O)[C@@H]3CCCN3C(=O)[C@@H](c3ccccc3)N(CC)C(C)C)cc2)c2ccc(F)cc2)cc1)c1ccccc1. The molecule has 4 amide bonds. The Morgan fingerprint density at radius 2 is 0.941 bits per heavy atom. The van der Waals surface area contributed by atoms with Gasteiger partial charge in [-0.1, -0.05) is 98.8 Å². The van der Waals surface area contributed by atoms with Crippen molar-refractivity contribution in [1.29, 1.82) is 0 Å². The normalized spacial score (nSPS) is 16.9. The number of anilines is 3. The van der Waals surface area contributed by atoms with Crippen LogP contribution in [-0.2, 0) is 32.3 Å². The monoisotopic (exact) mass is 922 g/mol. The van der Waals surface area contributed by atoms with E-state index in [-0.39, 0.29) is 41.5 Å². The minimum absolute atomic E-state index is 0.0535. The lowest BCUT2D eigenvalue weighted by Gasteiger charge is -2.37. The molecular weight excluding hydrogens is 854 g/mol. The third-order valence-corrected chi connectivity index (χ3v) is 13.5. The standard InChI is InChI=1S/C56H68FN7O4/c1-7-61(39(3)4)51(43-17-11-9-12-18-43)55(67)63-35-15-21-49(63)53(65)58-46-29-23-41(24-30-46)37-60(48-33-27-45(57)28-34-48)38-42-25-31-47(32-26-42)59-54(66)50-22-16-36-64(50)56(68)52(62(8-2)40(5)6)44-19-13-10-14-20-44/h9-14,17-20,23-34,39-40,49-52H,7-8,15-16,21-22,35-38H2,1-6H3,(H,58,65)(H,59,66)/t49-,50-,51+,52+/m0/s1. The van der Waals surface area contributed by atoms with E-state index in [9.17, 15) is 23.6 Å². The largest absolute Gasteiger partial charge is 0.363 e. The summed E-state index contributed by atoms with van der Waals surface area (Å²) < 4.78 is 14.1. The van der Waals surface area contributed by atoms with Crippen LogP contribution < -0.4 is 15.5 Å². The first-order valence-corrected chi connectivity index (χ1v) is 24.4. The van der Waals surface area contributed by atoms with Crippen LogP contribution >= 0.6 is 0 Å². The molecule has 358 valence electrons. The predicted molar refractivity (Wildman–Crippen MR) is 269 cm³/mol. The summed E-state index contributed by atoms with van der Waals surface area (Å²) in [5, 5.41) is 6.17. The lowest BCUT2D eigenvalue weighted by atomic mass is 10.0. The summed E-state index contributed by atoms with van der Waals surface area (Å²) in [6.07, 6.45) is 2.69. The van der Waals surface area contributed by atoms with Crippen molar-refractivity contribution in [2.45, 2.75) is 117 Å². The maximum atomic E-state index is 14.3. The zero-order valence-electron chi connectivity index (χ0n) is 40.5. The minimum atomic E-state index is -0.575. The molecule has 2 saturated heterocycles. The number of likely N-dealkylation sites (tertiary alicyclic amines) is 2. The molecule has 5 aromatic carbocycles. The van der Waals surface area contributed by atoms with Crippen molar-refractivity contribution in [3.8, 4) is 0 Å². The smallest absolute Gasteiger partial charge is 0.247 e. The number of carbonyl (C=O) groups is 4. The van der Waals surface area contributed by atoms with Crippen LogP contribution in [0.25, 0.3) is 0 Å². The topological polar surface area (TPSA) is 109 Å². The highest BCUT2D eigenvalue weighted by atomic mass is 19.1. The fourth-order valence-electron chi connectivity index (χ4n) is 10.0. The molecule has 0 unspecified atom stereocenters. The number of hydrogen-bond acceptors (Lipinski definition) is 7. The molecule has 0 saturated carbocycles. The van der Waals surface area contributed by atoms with Crippen molar-refractivity contribution in [1.82, 2.24) is 19.6 Å². The van der Waals surface area contributed by atoms with Crippen molar-refractivity contribution in [2.75, 3.05) is 41.7 Å². The Labute approximate surface area is 402 Å². The van der Waals surface area contributed by atoms with Crippen molar-refractivity contribution in [2.24, 2.45) is 0 Å². The number of nitrogens with one attached hydrogen (secondary N) is 2. The molecular formula is C56H68FN7O4. The van der Waals surface area contributed by atoms with Gasteiger partial charge in [0.25, 0.3) is 0 Å². The van der Waals surface area contributed by atoms with Crippen LogP contribution in [0, 0.1) is 5.82 Å². The van der Waals surface area contributed by atoms with Crippen molar-refractivity contribution in [3.05, 3.63) is 162 Å². The fraction of sp³-hybridized carbons (Fsp3) is 0.393. The molecule has 11 nitrogen and oxygen atoms in total. The van der Waals surface area contributed by atoms with Gasteiger partial charge in [0.05, 0.1) is 0 Å². The summed E-state index contributed by atoms with van der Waals surface area (Å²) >= 11 is 0. The van der Waals surface area contributed by atoms with Gasteiger partial charge in [-0.25, -0.2) is 4.39 Å². The summed E-state index contributed by atoms with van der Waals surface area (Å²) in [6, 6.07) is 39.6. The van der Waals surface area contributed by atoms with Crippen LogP contribution in [0.2, 0.25) is 0 Å². The minimum Gasteiger partial charge on any atom is -0.363 e. The van der Waals surface area contributed by atoms with E-state index in [4.69, 9.17) is 0 Å². The number of rotatable bonds is 19. The van der Waals surface area contributed by atoms with Crippen LogP contribution in [0.5, 0.6) is 0 Å². The Hall–Kier alpha value is -6.37. The Morgan fingerprint density at radius 1 is 0.559 bits per heavy atom.